The van der Waals surface area contributed by atoms with Gasteiger partial charge < -0.3 is 15.6 Å². The lowest BCUT2D eigenvalue weighted by Crippen LogP contribution is -2.24. The van der Waals surface area contributed by atoms with Crippen molar-refractivity contribution in [2.45, 2.75) is 6.42 Å². The number of nitrogens with zero attached hydrogens (tertiary/aromatic N) is 1. The number of para-hydroxylation sites is 1. The Labute approximate surface area is 140 Å². The molecule has 1 amide bonds. The van der Waals surface area contributed by atoms with Crippen LogP contribution in [0.2, 0.25) is 0 Å². The molecule has 0 atom stereocenters. The number of anilines is 1. The van der Waals surface area contributed by atoms with E-state index in [1.54, 1.807) is 18.3 Å². The molecule has 3 rings (SSSR count). The number of hydrogen-bond donors (Lipinski definition) is 3. The van der Waals surface area contributed by atoms with Crippen molar-refractivity contribution in [3.8, 4) is 0 Å². The molecule has 2 aromatic heterocycles. The maximum absolute atomic E-state index is 11.8. The van der Waals surface area contributed by atoms with Gasteiger partial charge in [-0.15, -0.1) is 6.58 Å². The summed E-state index contributed by atoms with van der Waals surface area (Å²) in [6, 6.07) is 11.9. The molecular weight excluding hydrogens is 300 g/mol. The Bertz CT molecular complexity index is 836. The number of aromatic amines is 1. The monoisotopic (exact) mass is 320 g/mol. The first-order chi connectivity index (χ1) is 11.8. The Hall–Kier alpha value is -3.08. The van der Waals surface area contributed by atoms with E-state index in [1.165, 1.54) is 10.9 Å². The normalized spacial score (nSPS) is 10.5. The highest BCUT2D eigenvalue weighted by molar-refractivity contribution is 5.92. The van der Waals surface area contributed by atoms with Crippen molar-refractivity contribution in [2.24, 2.45) is 0 Å². The summed E-state index contributed by atoms with van der Waals surface area (Å²) in [6.45, 7) is 4.80. The van der Waals surface area contributed by atoms with Crippen LogP contribution in [-0.4, -0.2) is 29.0 Å². The number of nitrogens with one attached hydrogen (secondary N) is 3. The number of H-pyrrole nitrogens is 1. The minimum absolute atomic E-state index is 0.194. The Morgan fingerprint density at radius 2 is 2.12 bits per heavy atom. The third kappa shape index (κ3) is 3.63. The first-order valence-electron chi connectivity index (χ1n) is 7.92. The summed E-state index contributed by atoms with van der Waals surface area (Å²) in [5.41, 5.74) is 3.74. The van der Waals surface area contributed by atoms with E-state index in [0.29, 0.717) is 12.2 Å². The second kappa shape index (κ2) is 7.46. The number of amides is 1. The van der Waals surface area contributed by atoms with Crippen LogP contribution in [0.3, 0.4) is 0 Å². The van der Waals surface area contributed by atoms with Crippen LogP contribution in [0.1, 0.15) is 16.1 Å². The van der Waals surface area contributed by atoms with Crippen molar-refractivity contribution in [1.29, 1.82) is 0 Å². The molecule has 0 spiro atoms. The SMILES string of the molecule is C=CCNC(=O)c1ccc(NCCc2c[nH]c3ccccc23)cn1. The zero-order chi connectivity index (χ0) is 16.8. The van der Waals surface area contributed by atoms with Crippen LogP contribution >= 0.6 is 0 Å². The smallest absolute Gasteiger partial charge is 0.270 e. The molecule has 0 saturated heterocycles. The van der Waals surface area contributed by atoms with E-state index >= 15 is 0 Å². The van der Waals surface area contributed by atoms with Crippen LogP contribution in [0, 0.1) is 0 Å². The number of carbonyl (C=O) groups excluding carboxylic acids is 1. The van der Waals surface area contributed by atoms with E-state index in [2.05, 4.69) is 45.5 Å². The van der Waals surface area contributed by atoms with Crippen LogP contribution < -0.4 is 10.6 Å². The van der Waals surface area contributed by atoms with Gasteiger partial charge in [0.25, 0.3) is 5.91 Å². The summed E-state index contributed by atoms with van der Waals surface area (Å²) < 4.78 is 0. The standard InChI is InChI=1S/C19H20N4O/c1-2-10-21-19(24)18-8-7-15(13-23-18)20-11-9-14-12-22-17-6-4-3-5-16(14)17/h2-8,12-13,20,22H,1,9-11H2,(H,21,24). The second-order valence-electron chi connectivity index (χ2n) is 5.47. The Balaban J connectivity index is 1.55. The molecule has 122 valence electrons. The lowest BCUT2D eigenvalue weighted by Gasteiger charge is -2.07. The van der Waals surface area contributed by atoms with Crippen molar-refractivity contribution < 1.29 is 4.79 Å². The van der Waals surface area contributed by atoms with E-state index in [-0.39, 0.29) is 5.91 Å². The van der Waals surface area contributed by atoms with Gasteiger partial charge in [-0.1, -0.05) is 24.3 Å². The van der Waals surface area contributed by atoms with E-state index < -0.39 is 0 Å². The summed E-state index contributed by atoms with van der Waals surface area (Å²) in [7, 11) is 0. The van der Waals surface area contributed by atoms with Crippen molar-refractivity contribution in [3.63, 3.8) is 0 Å². The summed E-state index contributed by atoms with van der Waals surface area (Å²) >= 11 is 0. The van der Waals surface area contributed by atoms with Crippen LogP contribution in [0.5, 0.6) is 0 Å². The number of pyridine rings is 1. The summed E-state index contributed by atoms with van der Waals surface area (Å²) in [5.74, 6) is -0.194. The van der Waals surface area contributed by atoms with Gasteiger partial charge in [0.15, 0.2) is 0 Å². The highest BCUT2D eigenvalue weighted by atomic mass is 16.1. The predicted octanol–water partition coefficient (Wildman–Crippen LogP) is 3.13. The van der Waals surface area contributed by atoms with Gasteiger partial charge in [-0.25, -0.2) is 4.98 Å². The molecule has 0 fully saturated rings. The van der Waals surface area contributed by atoms with Crippen molar-refractivity contribution in [2.75, 3.05) is 18.4 Å². The van der Waals surface area contributed by atoms with Gasteiger partial charge in [-0.05, 0) is 30.2 Å². The molecule has 0 bridgehead atoms. The zero-order valence-electron chi connectivity index (χ0n) is 13.4. The molecule has 0 radical (unpaired) electrons. The van der Waals surface area contributed by atoms with Gasteiger partial charge in [-0.2, -0.15) is 0 Å². The summed E-state index contributed by atoms with van der Waals surface area (Å²) in [4.78, 5) is 19.2. The molecule has 5 heteroatoms. The Kier molecular flexibility index (Phi) is 4.91. The summed E-state index contributed by atoms with van der Waals surface area (Å²) in [6.07, 6.45) is 6.28. The van der Waals surface area contributed by atoms with Crippen molar-refractivity contribution >= 4 is 22.5 Å². The fourth-order valence-electron chi connectivity index (χ4n) is 2.57. The Morgan fingerprint density at radius 1 is 1.25 bits per heavy atom. The first-order valence-corrected chi connectivity index (χ1v) is 7.92. The Morgan fingerprint density at radius 3 is 2.92 bits per heavy atom. The molecule has 0 aliphatic rings. The highest BCUT2D eigenvalue weighted by Crippen LogP contribution is 2.18. The molecule has 0 unspecified atom stereocenters. The van der Waals surface area contributed by atoms with Gasteiger partial charge >= 0.3 is 0 Å². The second-order valence-corrected chi connectivity index (χ2v) is 5.47. The average molecular weight is 320 g/mol. The van der Waals surface area contributed by atoms with Gasteiger partial charge in [0.05, 0.1) is 11.9 Å². The topological polar surface area (TPSA) is 69.8 Å². The minimum Gasteiger partial charge on any atom is -0.383 e. The molecule has 0 aliphatic heterocycles. The number of benzene rings is 1. The molecule has 3 N–H and O–H groups in total. The number of hydrogen-bond acceptors (Lipinski definition) is 3. The van der Waals surface area contributed by atoms with Crippen LogP contribution in [0.25, 0.3) is 10.9 Å². The van der Waals surface area contributed by atoms with Crippen molar-refractivity contribution in [3.05, 3.63) is 72.7 Å². The van der Waals surface area contributed by atoms with Crippen LogP contribution in [-0.2, 0) is 6.42 Å². The maximum Gasteiger partial charge on any atom is 0.270 e. The molecule has 1 aromatic carbocycles. The lowest BCUT2D eigenvalue weighted by molar-refractivity contribution is 0.0953. The highest BCUT2D eigenvalue weighted by Gasteiger charge is 2.06. The van der Waals surface area contributed by atoms with E-state index in [9.17, 15) is 4.79 Å². The quantitative estimate of drug-likeness (QED) is 0.586. The van der Waals surface area contributed by atoms with E-state index in [1.807, 2.05) is 18.2 Å². The molecule has 5 nitrogen and oxygen atoms in total. The largest absolute Gasteiger partial charge is 0.383 e. The van der Waals surface area contributed by atoms with Gasteiger partial charge in [0.1, 0.15) is 5.69 Å². The minimum atomic E-state index is -0.194. The lowest BCUT2D eigenvalue weighted by atomic mass is 10.1. The maximum atomic E-state index is 11.8. The predicted molar refractivity (Wildman–Crippen MR) is 97.3 cm³/mol. The molecular formula is C19H20N4O. The molecule has 2 heterocycles. The van der Waals surface area contributed by atoms with Crippen molar-refractivity contribution in [1.82, 2.24) is 15.3 Å². The number of carbonyl (C=O) groups is 1. The average Bonchev–Trinajstić information content (AvgIpc) is 3.03. The number of aromatic nitrogens is 2. The fraction of sp³-hybridized carbons (Fsp3) is 0.158. The van der Waals surface area contributed by atoms with Crippen LogP contribution in [0.15, 0.2) is 61.4 Å². The number of fused-ring (bicyclic) bond motifs is 1. The fourth-order valence-corrected chi connectivity index (χ4v) is 2.57. The molecule has 0 saturated carbocycles. The van der Waals surface area contributed by atoms with Gasteiger partial charge in [0.2, 0.25) is 0 Å². The first kappa shape index (κ1) is 15.8. The number of rotatable bonds is 7. The van der Waals surface area contributed by atoms with E-state index in [4.69, 9.17) is 0 Å². The summed E-state index contributed by atoms with van der Waals surface area (Å²) in [5, 5.41) is 7.29. The van der Waals surface area contributed by atoms with Crippen LogP contribution in [0.4, 0.5) is 5.69 Å². The third-order valence-corrected chi connectivity index (χ3v) is 3.80. The molecule has 0 aliphatic carbocycles. The molecule has 3 aromatic rings. The third-order valence-electron chi connectivity index (χ3n) is 3.80. The van der Waals surface area contributed by atoms with Gasteiger partial charge in [0, 0.05) is 30.2 Å². The van der Waals surface area contributed by atoms with E-state index in [0.717, 1.165) is 24.2 Å². The molecule has 24 heavy (non-hydrogen) atoms. The van der Waals surface area contributed by atoms with Gasteiger partial charge in [-0.3, -0.25) is 4.79 Å². The zero-order valence-corrected chi connectivity index (χ0v) is 13.4.